The van der Waals surface area contributed by atoms with Crippen molar-refractivity contribution < 1.29 is 23.8 Å². The molecule has 0 bridgehead atoms. The summed E-state index contributed by atoms with van der Waals surface area (Å²) in [5, 5.41) is 3.28. The molecule has 0 saturated carbocycles. The Morgan fingerprint density at radius 3 is 2.46 bits per heavy atom. The third-order valence-corrected chi connectivity index (χ3v) is 6.07. The molecule has 0 aliphatic heterocycles. The fourth-order valence-electron chi connectivity index (χ4n) is 3.26. The Balaban J connectivity index is 1.77. The van der Waals surface area contributed by atoms with Crippen LogP contribution in [-0.2, 0) is 9.53 Å². The first-order valence-corrected chi connectivity index (χ1v) is 12.6. The number of hydrogen-bond donors (Lipinski definition) is 1. The first kappa shape index (κ1) is 26.0. The standard InChI is InChI=1S/C28H31NO5S/c1-4-7-17-34-23-15-13-20(18-24(23)32-5-2)14-16-26(30)29-27-22(28(31)33-6-3)19-25(35-27)21-11-9-8-10-12-21/h8-16,18-19H,4-7,17H2,1-3H3,(H,29,30)/b16-14+. The molecule has 6 nitrogen and oxygen atoms in total. The third kappa shape index (κ3) is 7.45. The molecule has 184 valence electrons. The van der Waals surface area contributed by atoms with Crippen molar-refractivity contribution in [3.8, 4) is 21.9 Å². The van der Waals surface area contributed by atoms with Gasteiger partial charge in [0, 0.05) is 11.0 Å². The average molecular weight is 494 g/mol. The number of hydrogen-bond acceptors (Lipinski definition) is 6. The molecule has 1 aromatic heterocycles. The van der Waals surface area contributed by atoms with Crippen LogP contribution in [0.25, 0.3) is 16.5 Å². The van der Waals surface area contributed by atoms with Crippen LogP contribution in [0.4, 0.5) is 5.00 Å². The molecule has 0 aliphatic rings. The van der Waals surface area contributed by atoms with E-state index in [0.717, 1.165) is 28.8 Å². The van der Waals surface area contributed by atoms with Crippen molar-refractivity contribution in [2.45, 2.75) is 33.6 Å². The summed E-state index contributed by atoms with van der Waals surface area (Å²) in [6.07, 6.45) is 5.15. The lowest BCUT2D eigenvalue weighted by atomic mass is 10.1. The molecule has 0 unspecified atom stereocenters. The van der Waals surface area contributed by atoms with Gasteiger partial charge in [0.15, 0.2) is 11.5 Å². The van der Waals surface area contributed by atoms with E-state index in [9.17, 15) is 9.59 Å². The Bertz CT molecular complexity index is 1150. The van der Waals surface area contributed by atoms with E-state index in [1.807, 2.05) is 55.5 Å². The van der Waals surface area contributed by atoms with Crippen molar-refractivity contribution in [2.75, 3.05) is 25.1 Å². The molecule has 0 fully saturated rings. The van der Waals surface area contributed by atoms with Crippen LogP contribution in [0.15, 0.2) is 60.7 Å². The van der Waals surface area contributed by atoms with Gasteiger partial charge in [-0.3, -0.25) is 4.79 Å². The predicted molar refractivity (Wildman–Crippen MR) is 141 cm³/mol. The maximum Gasteiger partial charge on any atom is 0.341 e. The quantitative estimate of drug-likeness (QED) is 0.170. The van der Waals surface area contributed by atoms with Crippen molar-refractivity contribution in [3.63, 3.8) is 0 Å². The smallest absolute Gasteiger partial charge is 0.341 e. The average Bonchev–Trinajstić information content (AvgIpc) is 3.28. The van der Waals surface area contributed by atoms with Crippen LogP contribution < -0.4 is 14.8 Å². The minimum Gasteiger partial charge on any atom is -0.490 e. The zero-order valence-electron chi connectivity index (χ0n) is 20.3. The highest BCUT2D eigenvalue weighted by Crippen LogP contribution is 2.36. The SMILES string of the molecule is CCCCOc1ccc(/C=C/C(=O)Nc2sc(-c3ccccc3)cc2C(=O)OCC)cc1OCC. The third-order valence-electron chi connectivity index (χ3n) is 4.97. The van der Waals surface area contributed by atoms with E-state index < -0.39 is 5.97 Å². The summed E-state index contributed by atoms with van der Waals surface area (Å²) in [6, 6.07) is 17.0. The van der Waals surface area contributed by atoms with Crippen molar-refractivity contribution in [2.24, 2.45) is 0 Å². The fourth-order valence-corrected chi connectivity index (χ4v) is 4.31. The van der Waals surface area contributed by atoms with Crippen LogP contribution in [0.1, 0.15) is 49.5 Å². The molecule has 35 heavy (non-hydrogen) atoms. The summed E-state index contributed by atoms with van der Waals surface area (Å²) in [7, 11) is 0. The Labute approximate surface area is 210 Å². The number of anilines is 1. The highest BCUT2D eigenvalue weighted by molar-refractivity contribution is 7.20. The van der Waals surface area contributed by atoms with Crippen LogP contribution >= 0.6 is 11.3 Å². The summed E-state index contributed by atoms with van der Waals surface area (Å²) in [6.45, 7) is 7.17. The summed E-state index contributed by atoms with van der Waals surface area (Å²) >= 11 is 1.33. The van der Waals surface area contributed by atoms with Crippen molar-refractivity contribution >= 4 is 34.3 Å². The second-order valence-corrected chi connectivity index (χ2v) is 8.66. The number of esters is 1. The van der Waals surface area contributed by atoms with Crippen molar-refractivity contribution in [3.05, 3.63) is 71.8 Å². The maximum atomic E-state index is 12.7. The predicted octanol–water partition coefficient (Wildman–Crippen LogP) is 6.82. The zero-order chi connectivity index (χ0) is 25.0. The molecule has 0 aliphatic carbocycles. The van der Waals surface area contributed by atoms with Gasteiger partial charge in [-0.05, 0) is 55.7 Å². The molecule has 7 heteroatoms. The molecule has 0 radical (unpaired) electrons. The van der Waals surface area contributed by atoms with Gasteiger partial charge in [-0.2, -0.15) is 0 Å². The Morgan fingerprint density at radius 1 is 0.943 bits per heavy atom. The zero-order valence-corrected chi connectivity index (χ0v) is 21.2. The molecule has 1 heterocycles. The number of thiophene rings is 1. The highest BCUT2D eigenvalue weighted by atomic mass is 32.1. The molecular formula is C28H31NO5S. The van der Waals surface area contributed by atoms with Crippen LogP contribution in [0, 0.1) is 0 Å². The number of amides is 1. The van der Waals surface area contributed by atoms with Crippen molar-refractivity contribution in [1.29, 1.82) is 0 Å². The summed E-state index contributed by atoms with van der Waals surface area (Å²) in [5.74, 6) is 0.512. The van der Waals surface area contributed by atoms with E-state index in [0.29, 0.717) is 35.3 Å². The Hall–Kier alpha value is -3.58. The first-order chi connectivity index (χ1) is 17.0. The van der Waals surface area contributed by atoms with Gasteiger partial charge >= 0.3 is 5.97 Å². The number of carbonyl (C=O) groups excluding carboxylic acids is 2. The van der Waals surface area contributed by atoms with Gasteiger partial charge in [0.05, 0.1) is 25.4 Å². The normalized spacial score (nSPS) is 10.8. The van der Waals surface area contributed by atoms with E-state index >= 15 is 0 Å². The lowest BCUT2D eigenvalue weighted by Crippen LogP contribution is -2.11. The second-order valence-electron chi connectivity index (χ2n) is 7.60. The van der Waals surface area contributed by atoms with Gasteiger partial charge in [-0.1, -0.05) is 49.7 Å². The Kier molecular flexibility index (Phi) is 9.93. The summed E-state index contributed by atoms with van der Waals surface area (Å²) < 4.78 is 16.7. The highest BCUT2D eigenvalue weighted by Gasteiger charge is 2.19. The Morgan fingerprint density at radius 2 is 1.74 bits per heavy atom. The van der Waals surface area contributed by atoms with E-state index in [2.05, 4.69) is 12.2 Å². The summed E-state index contributed by atoms with van der Waals surface area (Å²) in [4.78, 5) is 26.1. The van der Waals surface area contributed by atoms with Crippen LogP contribution in [0.5, 0.6) is 11.5 Å². The number of unbranched alkanes of at least 4 members (excludes halogenated alkanes) is 1. The van der Waals surface area contributed by atoms with E-state index in [1.165, 1.54) is 17.4 Å². The molecule has 0 atom stereocenters. The molecule has 2 aromatic carbocycles. The molecular weight excluding hydrogens is 462 g/mol. The molecule has 0 spiro atoms. The van der Waals surface area contributed by atoms with Gasteiger partial charge in [0.2, 0.25) is 5.91 Å². The van der Waals surface area contributed by atoms with Crippen molar-refractivity contribution in [1.82, 2.24) is 0 Å². The van der Waals surface area contributed by atoms with Gasteiger partial charge in [0.25, 0.3) is 0 Å². The maximum absolute atomic E-state index is 12.7. The summed E-state index contributed by atoms with van der Waals surface area (Å²) in [5.41, 5.74) is 2.10. The van der Waals surface area contributed by atoms with Crippen LogP contribution in [0.3, 0.4) is 0 Å². The molecule has 3 aromatic rings. The van der Waals surface area contributed by atoms with Gasteiger partial charge in [0.1, 0.15) is 5.00 Å². The van der Waals surface area contributed by atoms with Crippen LogP contribution in [0.2, 0.25) is 0 Å². The monoisotopic (exact) mass is 493 g/mol. The molecule has 1 N–H and O–H groups in total. The molecule has 1 amide bonds. The molecule has 0 saturated heterocycles. The van der Waals surface area contributed by atoms with Gasteiger partial charge in [-0.25, -0.2) is 4.79 Å². The molecule has 3 rings (SSSR count). The largest absolute Gasteiger partial charge is 0.490 e. The number of nitrogens with one attached hydrogen (secondary N) is 1. The second kappa shape index (κ2) is 13.3. The topological polar surface area (TPSA) is 73.9 Å². The number of benzene rings is 2. The van der Waals surface area contributed by atoms with Crippen LogP contribution in [-0.4, -0.2) is 31.7 Å². The van der Waals surface area contributed by atoms with E-state index in [-0.39, 0.29) is 12.5 Å². The van der Waals surface area contributed by atoms with Gasteiger partial charge < -0.3 is 19.5 Å². The lowest BCUT2D eigenvalue weighted by molar-refractivity contribution is -0.111. The fraction of sp³-hybridized carbons (Fsp3) is 0.286. The van der Waals surface area contributed by atoms with E-state index in [4.69, 9.17) is 14.2 Å². The minimum atomic E-state index is -0.467. The van der Waals surface area contributed by atoms with E-state index in [1.54, 1.807) is 19.1 Å². The first-order valence-electron chi connectivity index (χ1n) is 11.8. The number of rotatable bonds is 12. The number of ether oxygens (including phenoxy) is 3. The van der Waals surface area contributed by atoms with Gasteiger partial charge in [-0.15, -0.1) is 11.3 Å². The lowest BCUT2D eigenvalue weighted by Gasteiger charge is -2.12. The minimum absolute atomic E-state index is 0.253. The number of carbonyl (C=O) groups is 2.